The fraction of sp³-hybridized carbons (Fsp3) is 0.250. The number of ether oxygens (including phenoxy) is 1. The van der Waals surface area contributed by atoms with Crippen LogP contribution in [0.3, 0.4) is 0 Å². The second kappa shape index (κ2) is 10.6. The number of aryl methyl sites for hydroxylation is 2. The highest BCUT2D eigenvalue weighted by Crippen LogP contribution is 2.27. The number of rotatable bonds is 7. The smallest absolute Gasteiger partial charge is 0.329 e. The molecule has 0 aliphatic rings. The molecule has 0 saturated heterocycles. The van der Waals surface area contributed by atoms with E-state index in [1.807, 2.05) is 50.2 Å². The molecule has 0 aliphatic heterocycles. The van der Waals surface area contributed by atoms with E-state index >= 15 is 0 Å². The Morgan fingerprint density at radius 3 is 2.54 bits per heavy atom. The van der Waals surface area contributed by atoms with Gasteiger partial charge in [-0.2, -0.15) is 5.10 Å². The number of anilines is 2. The number of methoxy groups -OCH3 is 1. The summed E-state index contributed by atoms with van der Waals surface area (Å²) < 4.78 is 5.68. The molecule has 8 heteroatoms. The summed E-state index contributed by atoms with van der Waals surface area (Å²) >= 11 is 3.44. The van der Waals surface area contributed by atoms with Crippen LogP contribution in [-0.4, -0.2) is 38.3 Å². The minimum atomic E-state index is -0.841. The molecule has 7 nitrogen and oxygen atoms in total. The highest BCUT2D eigenvalue weighted by Gasteiger charge is 2.11. The molecule has 0 bridgehead atoms. The first-order chi connectivity index (χ1) is 13.4. The quantitative estimate of drug-likeness (QED) is 0.263. The predicted molar refractivity (Wildman–Crippen MR) is 114 cm³/mol. The van der Waals surface area contributed by atoms with Crippen molar-refractivity contribution in [3.63, 3.8) is 0 Å². The summed E-state index contributed by atoms with van der Waals surface area (Å²) in [6.07, 6.45) is 1.49. The van der Waals surface area contributed by atoms with Crippen molar-refractivity contribution in [1.29, 1.82) is 0 Å². The van der Waals surface area contributed by atoms with E-state index < -0.39 is 11.8 Å². The number of hydrogen-bond donors (Lipinski definition) is 3. The summed E-state index contributed by atoms with van der Waals surface area (Å²) in [4.78, 5) is 23.4. The second-order valence-electron chi connectivity index (χ2n) is 6.07. The number of amides is 2. The van der Waals surface area contributed by atoms with E-state index in [2.05, 4.69) is 37.1 Å². The number of carbonyl (C=O) groups excluding carboxylic acids is 2. The lowest BCUT2D eigenvalue weighted by Gasteiger charge is -2.14. The Balaban J connectivity index is 2.11. The van der Waals surface area contributed by atoms with E-state index in [1.165, 1.54) is 13.3 Å². The third kappa shape index (κ3) is 6.17. The van der Waals surface area contributed by atoms with E-state index in [4.69, 9.17) is 4.74 Å². The van der Waals surface area contributed by atoms with E-state index in [0.717, 1.165) is 32.5 Å². The van der Waals surface area contributed by atoms with Crippen LogP contribution in [0.4, 0.5) is 11.4 Å². The summed E-state index contributed by atoms with van der Waals surface area (Å²) in [5, 5.41) is 9.74. The Bertz CT molecular complexity index is 863. The van der Waals surface area contributed by atoms with Gasteiger partial charge in [0.15, 0.2) is 0 Å². The van der Waals surface area contributed by atoms with E-state index in [0.29, 0.717) is 6.61 Å². The van der Waals surface area contributed by atoms with Gasteiger partial charge in [0.2, 0.25) is 0 Å². The molecule has 2 rings (SSSR count). The fourth-order valence-corrected chi connectivity index (χ4v) is 2.84. The summed E-state index contributed by atoms with van der Waals surface area (Å²) in [5.74, 6) is -1.61. The third-order valence-corrected chi connectivity index (χ3v) is 4.42. The number of nitrogens with one attached hydrogen (secondary N) is 3. The van der Waals surface area contributed by atoms with Crippen LogP contribution in [0.1, 0.15) is 16.7 Å². The number of halogens is 1. The molecule has 3 N–H and O–H groups in total. The number of para-hydroxylation sites is 1. The Hall–Kier alpha value is -2.71. The van der Waals surface area contributed by atoms with Crippen LogP contribution < -0.4 is 16.1 Å². The standard InChI is InChI=1S/C20H23BrN4O3/c1-13-5-4-6-14(2)18(13)24-17-8-7-16(21)11-15(17)12-23-25-20(27)19(26)22-9-10-28-3/h4-8,11-12,24H,9-10H2,1-3H3,(H,22,26)(H,25,27)/b23-12-. The van der Waals surface area contributed by atoms with Gasteiger partial charge in [0.1, 0.15) is 0 Å². The topological polar surface area (TPSA) is 91.8 Å². The van der Waals surface area contributed by atoms with Gasteiger partial charge in [0.25, 0.3) is 0 Å². The average molecular weight is 447 g/mol. The van der Waals surface area contributed by atoms with Gasteiger partial charge in [-0.3, -0.25) is 9.59 Å². The molecule has 0 unspecified atom stereocenters. The minimum Gasteiger partial charge on any atom is -0.383 e. The molecular formula is C20H23BrN4O3. The summed E-state index contributed by atoms with van der Waals surface area (Å²) in [7, 11) is 1.51. The molecule has 2 amide bonds. The van der Waals surface area contributed by atoms with Gasteiger partial charge in [-0.05, 0) is 43.2 Å². The lowest BCUT2D eigenvalue weighted by molar-refractivity contribution is -0.139. The summed E-state index contributed by atoms with van der Waals surface area (Å²) in [6, 6.07) is 11.8. The molecule has 2 aromatic carbocycles. The average Bonchev–Trinajstić information content (AvgIpc) is 2.66. The molecule has 0 spiro atoms. The molecule has 0 aromatic heterocycles. The van der Waals surface area contributed by atoms with Crippen LogP contribution in [0.2, 0.25) is 0 Å². The van der Waals surface area contributed by atoms with Gasteiger partial charge in [0, 0.05) is 35.1 Å². The van der Waals surface area contributed by atoms with Crippen molar-refractivity contribution in [3.05, 3.63) is 57.6 Å². The summed E-state index contributed by atoms with van der Waals surface area (Å²) in [6.45, 7) is 4.64. The van der Waals surface area contributed by atoms with E-state index in [1.54, 1.807) is 0 Å². The fourth-order valence-electron chi connectivity index (χ4n) is 2.46. The number of nitrogens with zero attached hydrogens (tertiary/aromatic N) is 1. The molecule has 0 heterocycles. The first kappa shape index (κ1) is 21.6. The Labute approximate surface area is 172 Å². The van der Waals surface area contributed by atoms with E-state index in [9.17, 15) is 9.59 Å². The molecule has 0 atom stereocenters. The largest absolute Gasteiger partial charge is 0.383 e. The number of benzene rings is 2. The zero-order chi connectivity index (χ0) is 20.5. The number of carbonyl (C=O) groups is 2. The van der Waals surface area contributed by atoms with Crippen LogP contribution in [-0.2, 0) is 14.3 Å². The van der Waals surface area contributed by atoms with Crippen molar-refractivity contribution in [2.45, 2.75) is 13.8 Å². The van der Waals surface area contributed by atoms with Gasteiger partial charge >= 0.3 is 11.8 Å². The van der Waals surface area contributed by atoms with Crippen LogP contribution in [0, 0.1) is 13.8 Å². The lowest BCUT2D eigenvalue weighted by Crippen LogP contribution is -2.39. The van der Waals surface area contributed by atoms with Gasteiger partial charge in [0.05, 0.1) is 12.8 Å². The minimum absolute atomic E-state index is 0.252. The Kier molecular flexibility index (Phi) is 8.16. The van der Waals surface area contributed by atoms with Crippen LogP contribution in [0.5, 0.6) is 0 Å². The summed E-state index contributed by atoms with van der Waals surface area (Å²) in [5.41, 5.74) is 7.05. The van der Waals surface area contributed by atoms with Crippen LogP contribution in [0.25, 0.3) is 0 Å². The monoisotopic (exact) mass is 446 g/mol. The molecule has 0 saturated carbocycles. The molecule has 28 heavy (non-hydrogen) atoms. The van der Waals surface area contributed by atoms with Crippen molar-refractivity contribution >= 4 is 45.3 Å². The van der Waals surface area contributed by atoms with Gasteiger partial charge in [-0.1, -0.05) is 34.1 Å². The van der Waals surface area contributed by atoms with Gasteiger partial charge < -0.3 is 15.4 Å². The van der Waals surface area contributed by atoms with Gasteiger partial charge in [-0.15, -0.1) is 0 Å². The van der Waals surface area contributed by atoms with Crippen LogP contribution >= 0.6 is 15.9 Å². The molecule has 0 aliphatic carbocycles. The number of hydrogen-bond acceptors (Lipinski definition) is 5. The van der Waals surface area contributed by atoms with E-state index in [-0.39, 0.29) is 6.54 Å². The molecule has 2 aromatic rings. The van der Waals surface area contributed by atoms with Crippen molar-refractivity contribution in [3.8, 4) is 0 Å². The van der Waals surface area contributed by atoms with Crippen molar-refractivity contribution in [2.75, 3.05) is 25.6 Å². The predicted octanol–water partition coefficient (Wildman–Crippen LogP) is 3.02. The Morgan fingerprint density at radius 1 is 1.14 bits per heavy atom. The van der Waals surface area contributed by atoms with Crippen molar-refractivity contribution < 1.29 is 14.3 Å². The first-order valence-electron chi connectivity index (χ1n) is 8.65. The first-order valence-corrected chi connectivity index (χ1v) is 9.44. The molecule has 0 radical (unpaired) electrons. The maximum absolute atomic E-state index is 11.8. The maximum atomic E-state index is 11.8. The highest BCUT2D eigenvalue weighted by atomic mass is 79.9. The highest BCUT2D eigenvalue weighted by molar-refractivity contribution is 9.10. The molecule has 0 fully saturated rings. The molecular weight excluding hydrogens is 424 g/mol. The SMILES string of the molecule is COCCNC(=O)C(=O)N/N=C\c1cc(Br)ccc1Nc1c(C)cccc1C. The van der Waals surface area contributed by atoms with Crippen molar-refractivity contribution in [2.24, 2.45) is 5.10 Å². The zero-order valence-corrected chi connectivity index (χ0v) is 17.6. The molecule has 148 valence electrons. The van der Waals surface area contributed by atoms with Crippen LogP contribution in [0.15, 0.2) is 46.0 Å². The normalized spacial score (nSPS) is 10.7. The van der Waals surface area contributed by atoms with Gasteiger partial charge in [-0.25, -0.2) is 5.43 Å². The van der Waals surface area contributed by atoms with Crippen molar-refractivity contribution in [1.82, 2.24) is 10.7 Å². The Morgan fingerprint density at radius 2 is 1.86 bits per heavy atom. The number of hydrazone groups is 1. The third-order valence-electron chi connectivity index (χ3n) is 3.92. The zero-order valence-electron chi connectivity index (χ0n) is 16.0. The maximum Gasteiger partial charge on any atom is 0.329 e. The second-order valence-corrected chi connectivity index (χ2v) is 6.99. The lowest BCUT2D eigenvalue weighted by atomic mass is 10.1.